The lowest BCUT2D eigenvalue weighted by molar-refractivity contribution is 0.314. The molecular formula is C10H25N3O2S. The van der Waals surface area contributed by atoms with Crippen LogP contribution in [0.15, 0.2) is 0 Å². The molecule has 0 saturated heterocycles. The molecule has 0 heterocycles. The Labute approximate surface area is 99.6 Å². The molecule has 0 fully saturated rings. The number of hydrogen-bond acceptors (Lipinski definition) is 4. The number of sulfonamides is 1. The number of nitrogens with zero attached hydrogens (tertiary/aromatic N) is 1. The van der Waals surface area contributed by atoms with Crippen molar-refractivity contribution in [3.8, 4) is 0 Å². The Morgan fingerprint density at radius 3 is 2.38 bits per heavy atom. The predicted molar refractivity (Wildman–Crippen MR) is 68.1 cm³/mol. The Bertz CT molecular complexity index is 265. The van der Waals surface area contributed by atoms with Gasteiger partial charge in [0.05, 0.1) is 5.75 Å². The average Bonchev–Trinajstić information content (AvgIpc) is 2.21. The fourth-order valence-electron chi connectivity index (χ4n) is 1.01. The molecule has 5 nitrogen and oxygen atoms in total. The third-order valence-electron chi connectivity index (χ3n) is 2.45. The largest absolute Gasteiger partial charge is 0.316 e. The van der Waals surface area contributed by atoms with Crippen molar-refractivity contribution in [2.45, 2.75) is 26.3 Å². The summed E-state index contributed by atoms with van der Waals surface area (Å²) in [6.07, 6.45) is 1.02. The summed E-state index contributed by atoms with van der Waals surface area (Å²) in [5, 5.41) is 3.07. The zero-order chi connectivity index (χ0) is 12.6. The number of nitrogens with one attached hydrogen (secondary N) is 2. The summed E-state index contributed by atoms with van der Waals surface area (Å²) in [6.45, 7) is 5.88. The summed E-state index contributed by atoms with van der Waals surface area (Å²) < 4.78 is 25.7. The molecule has 0 aliphatic carbocycles. The summed E-state index contributed by atoms with van der Waals surface area (Å²) in [4.78, 5) is 1.98. The molecule has 0 saturated carbocycles. The van der Waals surface area contributed by atoms with E-state index in [0.717, 1.165) is 13.0 Å². The third-order valence-corrected chi connectivity index (χ3v) is 3.80. The maximum atomic E-state index is 11.6. The normalized spacial score (nSPS) is 14.3. The van der Waals surface area contributed by atoms with Crippen molar-refractivity contribution in [2.24, 2.45) is 0 Å². The molecule has 16 heavy (non-hydrogen) atoms. The molecule has 98 valence electrons. The van der Waals surface area contributed by atoms with E-state index in [1.807, 2.05) is 25.9 Å². The summed E-state index contributed by atoms with van der Waals surface area (Å²) in [5.41, 5.74) is 0. The summed E-state index contributed by atoms with van der Waals surface area (Å²) >= 11 is 0. The first kappa shape index (κ1) is 15.8. The summed E-state index contributed by atoms with van der Waals surface area (Å²) in [7, 11) is 0.735. The maximum Gasteiger partial charge on any atom is 0.212 e. The van der Waals surface area contributed by atoms with E-state index in [1.54, 1.807) is 0 Å². The van der Waals surface area contributed by atoms with Crippen LogP contribution in [0.2, 0.25) is 0 Å². The molecule has 0 aromatic rings. The molecular weight excluding hydrogens is 226 g/mol. The van der Waals surface area contributed by atoms with Crippen LogP contribution in [0.3, 0.4) is 0 Å². The highest BCUT2D eigenvalue weighted by Gasteiger charge is 2.12. The van der Waals surface area contributed by atoms with Gasteiger partial charge in [-0.25, -0.2) is 13.1 Å². The molecule has 0 aromatic heterocycles. The maximum absolute atomic E-state index is 11.6. The standard InChI is InChI=1S/C10H25N3O2S/c1-5-6-11-7-8-16(14,15)12-9-10(2)13(3)4/h10-12H,5-9H2,1-4H3. The van der Waals surface area contributed by atoms with Crippen molar-refractivity contribution < 1.29 is 8.42 Å². The van der Waals surface area contributed by atoms with E-state index < -0.39 is 10.0 Å². The van der Waals surface area contributed by atoms with Crippen LogP contribution in [0.1, 0.15) is 20.3 Å². The highest BCUT2D eigenvalue weighted by Crippen LogP contribution is 1.91. The van der Waals surface area contributed by atoms with Gasteiger partial charge in [-0.15, -0.1) is 0 Å². The minimum absolute atomic E-state index is 0.146. The van der Waals surface area contributed by atoms with E-state index in [0.29, 0.717) is 13.1 Å². The van der Waals surface area contributed by atoms with Crippen LogP contribution in [0.4, 0.5) is 0 Å². The topological polar surface area (TPSA) is 61.4 Å². The van der Waals surface area contributed by atoms with Crippen LogP contribution in [0.5, 0.6) is 0 Å². The average molecular weight is 251 g/mol. The van der Waals surface area contributed by atoms with Gasteiger partial charge in [0.1, 0.15) is 0 Å². The highest BCUT2D eigenvalue weighted by molar-refractivity contribution is 7.89. The van der Waals surface area contributed by atoms with Gasteiger partial charge in [0, 0.05) is 19.1 Å². The number of likely N-dealkylation sites (N-methyl/N-ethyl adjacent to an activating group) is 1. The first-order chi connectivity index (χ1) is 7.39. The van der Waals surface area contributed by atoms with Crippen LogP contribution < -0.4 is 10.0 Å². The van der Waals surface area contributed by atoms with Crippen molar-refractivity contribution >= 4 is 10.0 Å². The fourth-order valence-corrected chi connectivity index (χ4v) is 2.06. The number of rotatable bonds is 9. The van der Waals surface area contributed by atoms with Crippen LogP contribution in [-0.4, -0.2) is 58.8 Å². The monoisotopic (exact) mass is 251 g/mol. The Morgan fingerprint density at radius 2 is 1.88 bits per heavy atom. The van der Waals surface area contributed by atoms with E-state index in [4.69, 9.17) is 0 Å². The lowest BCUT2D eigenvalue weighted by Gasteiger charge is -2.19. The Kier molecular flexibility index (Phi) is 7.91. The second-order valence-electron chi connectivity index (χ2n) is 4.23. The smallest absolute Gasteiger partial charge is 0.212 e. The summed E-state index contributed by atoms with van der Waals surface area (Å²) in [5.74, 6) is 0.146. The Hall–Kier alpha value is -0.170. The van der Waals surface area contributed by atoms with Crippen molar-refractivity contribution in [3.63, 3.8) is 0 Å². The van der Waals surface area contributed by atoms with Crippen molar-refractivity contribution in [1.82, 2.24) is 14.9 Å². The second-order valence-corrected chi connectivity index (χ2v) is 6.16. The minimum atomic E-state index is -3.13. The molecule has 2 N–H and O–H groups in total. The van der Waals surface area contributed by atoms with Gasteiger partial charge in [-0.05, 0) is 34.0 Å². The molecule has 1 unspecified atom stereocenters. The summed E-state index contributed by atoms with van der Waals surface area (Å²) in [6, 6.07) is 0.207. The van der Waals surface area contributed by atoms with Gasteiger partial charge < -0.3 is 10.2 Å². The van der Waals surface area contributed by atoms with Gasteiger partial charge >= 0.3 is 0 Å². The van der Waals surface area contributed by atoms with Gasteiger partial charge in [-0.2, -0.15) is 0 Å². The molecule has 0 radical (unpaired) electrons. The van der Waals surface area contributed by atoms with Crippen LogP contribution in [0, 0.1) is 0 Å². The van der Waals surface area contributed by atoms with E-state index in [2.05, 4.69) is 17.0 Å². The quantitative estimate of drug-likeness (QED) is 0.560. The molecule has 0 aromatic carbocycles. The minimum Gasteiger partial charge on any atom is -0.316 e. The fraction of sp³-hybridized carbons (Fsp3) is 1.00. The van der Waals surface area contributed by atoms with Gasteiger partial charge in [-0.3, -0.25) is 0 Å². The van der Waals surface area contributed by atoms with Crippen LogP contribution >= 0.6 is 0 Å². The van der Waals surface area contributed by atoms with Gasteiger partial charge in [0.2, 0.25) is 10.0 Å². The van der Waals surface area contributed by atoms with Crippen molar-refractivity contribution in [2.75, 3.05) is 39.5 Å². The molecule has 0 aliphatic rings. The molecule has 1 atom stereocenters. The Balaban J connectivity index is 3.79. The lowest BCUT2D eigenvalue weighted by atomic mass is 10.3. The van der Waals surface area contributed by atoms with Crippen LogP contribution in [-0.2, 0) is 10.0 Å². The van der Waals surface area contributed by atoms with E-state index in [9.17, 15) is 8.42 Å². The Morgan fingerprint density at radius 1 is 1.25 bits per heavy atom. The zero-order valence-electron chi connectivity index (χ0n) is 10.8. The SMILES string of the molecule is CCCNCCS(=O)(=O)NCC(C)N(C)C. The second kappa shape index (κ2) is 8.00. The lowest BCUT2D eigenvalue weighted by Crippen LogP contribution is -2.40. The van der Waals surface area contributed by atoms with E-state index in [-0.39, 0.29) is 11.8 Å². The molecule has 0 rings (SSSR count). The first-order valence-corrected chi connectivity index (χ1v) is 7.38. The molecule has 0 spiro atoms. The number of hydrogen-bond donors (Lipinski definition) is 2. The molecule has 0 amide bonds. The van der Waals surface area contributed by atoms with Crippen LogP contribution in [0.25, 0.3) is 0 Å². The van der Waals surface area contributed by atoms with Gasteiger partial charge in [-0.1, -0.05) is 6.92 Å². The molecule has 0 bridgehead atoms. The molecule has 6 heteroatoms. The van der Waals surface area contributed by atoms with Gasteiger partial charge in [0.15, 0.2) is 0 Å². The predicted octanol–water partition coefficient (Wildman–Crippen LogP) is -0.144. The van der Waals surface area contributed by atoms with E-state index in [1.165, 1.54) is 0 Å². The first-order valence-electron chi connectivity index (χ1n) is 5.73. The van der Waals surface area contributed by atoms with Gasteiger partial charge in [0.25, 0.3) is 0 Å². The van der Waals surface area contributed by atoms with E-state index >= 15 is 0 Å². The highest BCUT2D eigenvalue weighted by atomic mass is 32.2. The van der Waals surface area contributed by atoms with Crippen molar-refractivity contribution in [1.29, 1.82) is 0 Å². The zero-order valence-corrected chi connectivity index (χ0v) is 11.6. The van der Waals surface area contributed by atoms with Crippen molar-refractivity contribution in [3.05, 3.63) is 0 Å². The molecule has 0 aliphatic heterocycles. The third kappa shape index (κ3) is 8.04.